The lowest BCUT2D eigenvalue weighted by atomic mass is 9.95. The van der Waals surface area contributed by atoms with Gasteiger partial charge in [0.05, 0.1) is 0 Å². The highest BCUT2D eigenvalue weighted by atomic mass is 35.5. The summed E-state index contributed by atoms with van der Waals surface area (Å²) >= 11 is 12.8. The van der Waals surface area contributed by atoms with Gasteiger partial charge in [0.1, 0.15) is 5.75 Å². The van der Waals surface area contributed by atoms with E-state index in [0.717, 1.165) is 33.0 Å². The van der Waals surface area contributed by atoms with Gasteiger partial charge in [-0.1, -0.05) is 77.8 Å². The molecule has 4 rings (SSSR count). The van der Waals surface area contributed by atoms with Crippen LogP contribution in [0.2, 0.25) is 10.0 Å². The van der Waals surface area contributed by atoms with Crippen LogP contribution in [-0.2, 0) is 11.2 Å². The van der Waals surface area contributed by atoms with E-state index in [9.17, 15) is 4.79 Å². The summed E-state index contributed by atoms with van der Waals surface area (Å²) in [5.41, 5.74) is 3.57. The molecule has 0 fully saturated rings. The molecule has 0 atom stereocenters. The largest absolute Gasteiger partial charge is 0.482 e. The number of carboxylic acids is 1. The molecule has 0 radical (unpaired) electrons. The smallest absolute Gasteiger partial charge is 0.341 e. The Morgan fingerprint density at radius 3 is 2.30 bits per heavy atom. The Labute approximate surface area is 184 Å². The fraction of sp³-hybridized carbons (Fsp3) is 0.0800. The Morgan fingerprint density at radius 1 is 0.833 bits per heavy atom. The lowest BCUT2D eigenvalue weighted by Crippen LogP contribution is -2.10. The number of carboxylic acid groups (broad SMARTS) is 1. The maximum atomic E-state index is 11.0. The van der Waals surface area contributed by atoms with Crippen molar-refractivity contribution in [3.8, 4) is 16.9 Å². The van der Waals surface area contributed by atoms with Crippen LogP contribution in [-0.4, -0.2) is 17.7 Å². The van der Waals surface area contributed by atoms with Crippen LogP contribution in [0, 0.1) is 0 Å². The molecule has 0 heterocycles. The molecule has 1 N–H and O–H groups in total. The average Bonchev–Trinajstić information content (AvgIpc) is 2.73. The van der Waals surface area contributed by atoms with Crippen LogP contribution < -0.4 is 4.74 Å². The molecule has 4 aromatic rings. The summed E-state index contributed by atoms with van der Waals surface area (Å²) in [6.07, 6.45) is 0.576. The molecular weight excluding hydrogens is 419 g/mol. The third kappa shape index (κ3) is 4.28. The highest BCUT2D eigenvalue weighted by Crippen LogP contribution is 2.37. The number of hydrogen-bond donors (Lipinski definition) is 1. The zero-order valence-corrected chi connectivity index (χ0v) is 17.5. The molecule has 0 amide bonds. The van der Waals surface area contributed by atoms with Crippen molar-refractivity contribution in [3.05, 3.63) is 100 Å². The Bertz CT molecular complexity index is 1210. The molecule has 0 bridgehead atoms. The second-order valence-corrected chi connectivity index (χ2v) is 7.73. The number of halogens is 2. The fourth-order valence-corrected chi connectivity index (χ4v) is 4.19. The quantitative estimate of drug-likeness (QED) is 0.358. The Balaban J connectivity index is 1.81. The van der Waals surface area contributed by atoms with Gasteiger partial charge < -0.3 is 9.84 Å². The summed E-state index contributed by atoms with van der Waals surface area (Å²) in [7, 11) is 0. The molecule has 3 nitrogen and oxygen atoms in total. The third-order valence-corrected chi connectivity index (χ3v) is 5.55. The van der Waals surface area contributed by atoms with Crippen molar-refractivity contribution in [1.82, 2.24) is 0 Å². The molecule has 0 saturated carbocycles. The van der Waals surface area contributed by atoms with Crippen LogP contribution in [0.15, 0.2) is 78.9 Å². The highest BCUT2D eigenvalue weighted by molar-refractivity contribution is 6.39. The van der Waals surface area contributed by atoms with Gasteiger partial charge in [-0.25, -0.2) is 4.79 Å². The molecule has 5 heteroatoms. The standard InChI is InChI=1S/C25H18Cl2O3/c26-21-9-4-10-22(27)25(21)18-11-12-23(30-15-24(28)29)19(14-18)13-17-7-3-6-16-5-1-2-8-20(16)17/h1-12,14H,13,15H2,(H,28,29). The summed E-state index contributed by atoms with van der Waals surface area (Å²) in [4.78, 5) is 11.0. The van der Waals surface area contributed by atoms with E-state index in [1.54, 1.807) is 24.3 Å². The van der Waals surface area contributed by atoms with Crippen molar-refractivity contribution >= 4 is 39.9 Å². The first kappa shape index (κ1) is 20.3. The van der Waals surface area contributed by atoms with Gasteiger partial charge in [0.2, 0.25) is 0 Å². The molecule has 0 unspecified atom stereocenters. The van der Waals surface area contributed by atoms with Crippen molar-refractivity contribution in [1.29, 1.82) is 0 Å². The lowest BCUT2D eigenvalue weighted by molar-refractivity contribution is -0.139. The molecule has 0 saturated heterocycles. The minimum absolute atomic E-state index is 0.408. The number of fused-ring (bicyclic) bond motifs is 1. The molecule has 0 spiro atoms. The van der Waals surface area contributed by atoms with Crippen LogP contribution >= 0.6 is 23.2 Å². The number of carbonyl (C=O) groups is 1. The minimum Gasteiger partial charge on any atom is -0.482 e. The highest BCUT2D eigenvalue weighted by Gasteiger charge is 2.14. The van der Waals surface area contributed by atoms with Crippen LogP contribution in [0.25, 0.3) is 21.9 Å². The monoisotopic (exact) mass is 436 g/mol. The van der Waals surface area contributed by atoms with E-state index in [-0.39, 0.29) is 0 Å². The first-order valence-corrected chi connectivity index (χ1v) is 10.2. The van der Waals surface area contributed by atoms with E-state index >= 15 is 0 Å². The van der Waals surface area contributed by atoms with Gasteiger partial charge in [-0.2, -0.15) is 0 Å². The Hall–Kier alpha value is -3.01. The molecule has 4 aromatic carbocycles. The number of aliphatic carboxylic acids is 1. The van der Waals surface area contributed by atoms with Crippen molar-refractivity contribution < 1.29 is 14.6 Å². The molecule has 0 aromatic heterocycles. The third-order valence-electron chi connectivity index (χ3n) is 4.92. The van der Waals surface area contributed by atoms with Crippen molar-refractivity contribution in [3.63, 3.8) is 0 Å². The number of hydrogen-bond acceptors (Lipinski definition) is 2. The van der Waals surface area contributed by atoms with E-state index in [4.69, 9.17) is 33.0 Å². The van der Waals surface area contributed by atoms with Crippen LogP contribution in [0.3, 0.4) is 0 Å². The molecule has 0 aliphatic carbocycles. The molecule has 0 aliphatic rings. The number of benzene rings is 4. The first-order chi connectivity index (χ1) is 14.5. The van der Waals surface area contributed by atoms with E-state index in [2.05, 4.69) is 24.3 Å². The summed E-state index contributed by atoms with van der Waals surface area (Å²) in [5.74, 6) is -0.499. The van der Waals surface area contributed by atoms with Gasteiger partial charge in [0, 0.05) is 22.0 Å². The summed E-state index contributed by atoms with van der Waals surface area (Å²) in [6, 6.07) is 25.3. The fourth-order valence-electron chi connectivity index (χ4n) is 3.58. The zero-order valence-electron chi connectivity index (χ0n) is 15.9. The summed E-state index contributed by atoms with van der Waals surface area (Å²) < 4.78 is 5.57. The van der Waals surface area contributed by atoms with Crippen molar-refractivity contribution in [2.45, 2.75) is 6.42 Å². The molecule has 30 heavy (non-hydrogen) atoms. The van der Waals surface area contributed by atoms with Gasteiger partial charge >= 0.3 is 5.97 Å². The maximum absolute atomic E-state index is 11.0. The van der Waals surface area contributed by atoms with Gasteiger partial charge in [0.15, 0.2) is 6.61 Å². The first-order valence-electron chi connectivity index (χ1n) is 9.41. The SMILES string of the molecule is O=C(O)COc1ccc(-c2c(Cl)cccc2Cl)cc1Cc1cccc2ccccc12. The van der Waals surface area contributed by atoms with Gasteiger partial charge in [0.25, 0.3) is 0 Å². The normalized spacial score (nSPS) is 10.9. The van der Waals surface area contributed by atoms with E-state index in [1.807, 2.05) is 30.3 Å². The van der Waals surface area contributed by atoms with Crippen molar-refractivity contribution in [2.24, 2.45) is 0 Å². The second kappa shape index (κ2) is 8.78. The topological polar surface area (TPSA) is 46.5 Å². The Morgan fingerprint density at radius 2 is 1.53 bits per heavy atom. The van der Waals surface area contributed by atoms with E-state index < -0.39 is 12.6 Å². The van der Waals surface area contributed by atoms with Gasteiger partial charge in [-0.15, -0.1) is 0 Å². The average molecular weight is 437 g/mol. The molecule has 0 aliphatic heterocycles. The maximum Gasteiger partial charge on any atom is 0.341 e. The molecule has 150 valence electrons. The van der Waals surface area contributed by atoms with E-state index in [1.165, 1.54) is 0 Å². The summed E-state index contributed by atoms with van der Waals surface area (Å²) in [6.45, 7) is -0.408. The second-order valence-electron chi connectivity index (χ2n) is 6.92. The lowest BCUT2D eigenvalue weighted by Gasteiger charge is -2.15. The van der Waals surface area contributed by atoms with Crippen LogP contribution in [0.4, 0.5) is 0 Å². The van der Waals surface area contributed by atoms with Gasteiger partial charge in [-0.3, -0.25) is 0 Å². The molecular formula is C25H18Cl2O3. The summed E-state index contributed by atoms with van der Waals surface area (Å²) in [5, 5.41) is 12.4. The van der Waals surface area contributed by atoms with Crippen molar-refractivity contribution in [2.75, 3.05) is 6.61 Å². The van der Waals surface area contributed by atoms with Gasteiger partial charge in [-0.05, 0) is 51.7 Å². The minimum atomic E-state index is -1.02. The number of rotatable bonds is 6. The predicted octanol–water partition coefficient (Wildman–Crippen LogP) is 6.87. The van der Waals surface area contributed by atoms with E-state index in [0.29, 0.717) is 22.2 Å². The van der Waals surface area contributed by atoms with Crippen LogP contribution in [0.1, 0.15) is 11.1 Å². The Kier molecular flexibility index (Phi) is 5.93. The van der Waals surface area contributed by atoms with Crippen LogP contribution in [0.5, 0.6) is 5.75 Å². The number of ether oxygens (including phenoxy) is 1. The zero-order chi connectivity index (χ0) is 21.1. The predicted molar refractivity (Wildman–Crippen MR) is 122 cm³/mol.